The van der Waals surface area contributed by atoms with Crippen molar-refractivity contribution >= 4 is 23.7 Å². The van der Waals surface area contributed by atoms with E-state index in [0.717, 1.165) is 0 Å². The maximum atomic E-state index is 12.7. The molecule has 0 spiro atoms. The zero-order chi connectivity index (χ0) is 15.1. The number of benzene rings is 2. The molecular weight excluding hydrogens is 273 g/mol. The highest BCUT2D eigenvalue weighted by Crippen LogP contribution is 2.04. The van der Waals surface area contributed by atoms with Crippen molar-refractivity contribution in [1.82, 2.24) is 5.43 Å². The largest absolute Gasteiger partial charge is 0.329 e. The number of hydrogen-bond acceptors (Lipinski definition) is 3. The smallest absolute Gasteiger partial charge is 0.318 e. The van der Waals surface area contributed by atoms with Gasteiger partial charge in [-0.3, -0.25) is 9.59 Å². The van der Waals surface area contributed by atoms with Gasteiger partial charge in [-0.05, 0) is 29.8 Å². The first kappa shape index (κ1) is 14.4. The van der Waals surface area contributed by atoms with Crippen LogP contribution < -0.4 is 10.7 Å². The van der Waals surface area contributed by atoms with Crippen LogP contribution in [0.5, 0.6) is 0 Å². The second kappa shape index (κ2) is 6.95. The third-order valence-corrected chi connectivity index (χ3v) is 2.49. The Balaban J connectivity index is 1.86. The first-order valence-corrected chi connectivity index (χ1v) is 6.10. The summed E-state index contributed by atoms with van der Waals surface area (Å²) < 4.78 is 12.7. The Hall–Kier alpha value is -3.02. The molecular formula is C15H12FN3O2. The lowest BCUT2D eigenvalue weighted by Gasteiger charge is -2.02. The number of hydrogen-bond donors (Lipinski definition) is 2. The molecule has 5 nitrogen and oxygen atoms in total. The van der Waals surface area contributed by atoms with Crippen molar-refractivity contribution in [3.8, 4) is 0 Å². The number of amides is 2. The number of rotatable bonds is 3. The third kappa shape index (κ3) is 4.54. The standard InChI is InChI=1S/C15H12FN3O2/c16-12-8-6-11(7-9-12)10-17-19-15(21)14(20)18-13-4-2-1-3-5-13/h1-10H,(H,18,20)(H,19,21)/b17-10-. The SMILES string of the molecule is O=C(N/N=C\c1ccc(F)cc1)C(=O)Nc1ccccc1. The van der Waals surface area contributed by atoms with Crippen LogP contribution in [0, 0.1) is 5.82 Å². The Kier molecular flexibility index (Phi) is 4.76. The lowest BCUT2D eigenvalue weighted by atomic mass is 10.2. The average molecular weight is 285 g/mol. The van der Waals surface area contributed by atoms with E-state index in [0.29, 0.717) is 11.3 Å². The highest BCUT2D eigenvalue weighted by atomic mass is 19.1. The Labute approximate surface area is 120 Å². The van der Waals surface area contributed by atoms with Crippen molar-refractivity contribution in [1.29, 1.82) is 0 Å². The minimum absolute atomic E-state index is 0.363. The van der Waals surface area contributed by atoms with Crippen LogP contribution in [0.1, 0.15) is 5.56 Å². The number of carbonyl (C=O) groups is 2. The van der Waals surface area contributed by atoms with Crippen LogP contribution in [0.3, 0.4) is 0 Å². The fourth-order valence-corrected chi connectivity index (χ4v) is 1.47. The molecule has 0 saturated heterocycles. The molecule has 0 aliphatic carbocycles. The molecule has 0 heterocycles. The molecule has 6 heteroatoms. The molecule has 21 heavy (non-hydrogen) atoms. The Bertz CT molecular complexity index is 654. The van der Waals surface area contributed by atoms with Gasteiger partial charge in [-0.2, -0.15) is 5.10 Å². The molecule has 0 aromatic heterocycles. The molecule has 2 rings (SSSR count). The van der Waals surface area contributed by atoms with Crippen molar-refractivity contribution < 1.29 is 14.0 Å². The van der Waals surface area contributed by atoms with Gasteiger partial charge in [-0.1, -0.05) is 30.3 Å². The number of halogens is 1. The van der Waals surface area contributed by atoms with E-state index in [1.807, 2.05) is 0 Å². The van der Waals surface area contributed by atoms with Crippen molar-refractivity contribution in [2.45, 2.75) is 0 Å². The number of nitrogens with one attached hydrogen (secondary N) is 2. The van der Waals surface area contributed by atoms with Gasteiger partial charge in [0.25, 0.3) is 0 Å². The summed E-state index contributed by atoms with van der Waals surface area (Å²) in [4.78, 5) is 23.0. The molecule has 0 unspecified atom stereocenters. The fraction of sp³-hybridized carbons (Fsp3) is 0. The van der Waals surface area contributed by atoms with Crippen molar-refractivity contribution in [2.24, 2.45) is 5.10 Å². The Morgan fingerprint density at radius 1 is 0.952 bits per heavy atom. The van der Waals surface area contributed by atoms with E-state index in [9.17, 15) is 14.0 Å². The van der Waals surface area contributed by atoms with Crippen molar-refractivity contribution in [3.63, 3.8) is 0 Å². The lowest BCUT2D eigenvalue weighted by molar-refractivity contribution is -0.136. The second-order valence-electron chi connectivity index (χ2n) is 4.07. The van der Waals surface area contributed by atoms with Crippen LogP contribution >= 0.6 is 0 Å². The van der Waals surface area contributed by atoms with Crippen LogP contribution in [0.2, 0.25) is 0 Å². The molecule has 0 aliphatic heterocycles. The highest BCUT2D eigenvalue weighted by Gasteiger charge is 2.12. The van der Waals surface area contributed by atoms with Gasteiger partial charge in [0.05, 0.1) is 6.21 Å². The molecule has 106 valence electrons. The second-order valence-corrected chi connectivity index (χ2v) is 4.07. The average Bonchev–Trinajstić information content (AvgIpc) is 2.50. The van der Waals surface area contributed by atoms with Crippen LogP contribution in [0.4, 0.5) is 10.1 Å². The van der Waals surface area contributed by atoms with Crippen LogP contribution in [0.25, 0.3) is 0 Å². The van der Waals surface area contributed by atoms with E-state index in [1.165, 1.54) is 30.5 Å². The topological polar surface area (TPSA) is 70.6 Å². The maximum Gasteiger partial charge on any atom is 0.329 e. The Morgan fingerprint density at radius 3 is 2.29 bits per heavy atom. The Morgan fingerprint density at radius 2 is 1.62 bits per heavy atom. The molecule has 2 N–H and O–H groups in total. The number of anilines is 1. The predicted molar refractivity (Wildman–Crippen MR) is 77.2 cm³/mol. The molecule has 2 amide bonds. The van der Waals surface area contributed by atoms with Crippen LogP contribution in [0.15, 0.2) is 59.7 Å². The number of para-hydroxylation sites is 1. The molecule has 0 aliphatic rings. The van der Waals surface area contributed by atoms with Crippen LogP contribution in [-0.4, -0.2) is 18.0 Å². The summed E-state index contributed by atoms with van der Waals surface area (Å²) in [5, 5.41) is 6.05. The van der Waals surface area contributed by atoms with E-state index in [1.54, 1.807) is 30.3 Å². The molecule has 2 aromatic rings. The lowest BCUT2D eigenvalue weighted by Crippen LogP contribution is -2.32. The summed E-state index contributed by atoms with van der Waals surface area (Å²) in [6.45, 7) is 0. The third-order valence-electron chi connectivity index (χ3n) is 2.49. The first-order valence-electron chi connectivity index (χ1n) is 6.10. The van der Waals surface area contributed by atoms with Crippen molar-refractivity contribution in [3.05, 3.63) is 66.0 Å². The van der Waals surface area contributed by atoms with Gasteiger partial charge in [0.1, 0.15) is 5.82 Å². The molecule has 0 bridgehead atoms. The molecule has 2 aromatic carbocycles. The van der Waals surface area contributed by atoms with Crippen molar-refractivity contribution in [2.75, 3.05) is 5.32 Å². The molecule has 0 saturated carbocycles. The van der Waals surface area contributed by atoms with Gasteiger partial charge in [-0.15, -0.1) is 0 Å². The van der Waals surface area contributed by atoms with E-state index in [-0.39, 0.29) is 5.82 Å². The van der Waals surface area contributed by atoms with E-state index in [4.69, 9.17) is 0 Å². The fourth-order valence-electron chi connectivity index (χ4n) is 1.47. The molecule has 0 fully saturated rings. The summed E-state index contributed by atoms with van der Waals surface area (Å²) in [7, 11) is 0. The van der Waals surface area contributed by atoms with Gasteiger partial charge < -0.3 is 5.32 Å². The minimum Gasteiger partial charge on any atom is -0.318 e. The number of hydrazone groups is 1. The van der Waals surface area contributed by atoms with Crippen LogP contribution in [-0.2, 0) is 9.59 Å². The summed E-state index contributed by atoms with van der Waals surface area (Å²) in [6.07, 6.45) is 1.31. The minimum atomic E-state index is -0.891. The van der Waals surface area contributed by atoms with E-state index >= 15 is 0 Å². The normalized spacial score (nSPS) is 10.3. The monoisotopic (exact) mass is 285 g/mol. The summed E-state index contributed by atoms with van der Waals surface area (Å²) >= 11 is 0. The molecule has 0 radical (unpaired) electrons. The summed E-state index contributed by atoms with van der Waals surface area (Å²) in [5.41, 5.74) is 3.20. The van der Waals surface area contributed by atoms with E-state index in [2.05, 4.69) is 15.8 Å². The van der Waals surface area contributed by atoms with Gasteiger partial charge >= 0.3 is 11.8 Å². The molecule has 0 atom stereocenters. The maximum absolute atomic E-state index is 12.7. The van der Waals surface area contributed by atoms with Gasteiger partial charge in [0, 0.05) is 5.69 Å². The van der Waals surface area contributed by atoms with Gasteiger partial charge in [-0.25, -0.2) is 9.82 Å². The zero-order valence-electron chi connectivity index (χ0n) is 10.9. The first-order chi connectivity index (χ1) is 10.1. The zero-order valence-corrected chi connectivity index (χ0v) is 10.9. The van der Waals surface area contributed by atoms with E-state index < -0.39 is 11.8 Å². The number of nitrogens with zero attached hydrogens (tertiary/aromatic N) is 1. The summed E-state index contributed by atoms with van der Waals surface area (Å²) in [6, 6.07) is 14.1. The van der Waals surface area contributed by atoms with Gasteiger partial charge in [0.2, 0.25) is 0 Å². The highest BCUT2D eigenvalue weighted by molar-refractivity contribution is 6.39. The summed E-state index contributed by atoms with van der Waals surface area (Å²) in [5.74, 6) is -2.08. The number of carbonyl (C=O) groups excluding carboxylic acids is 2. The predicted octanol–water partition coefficient (Wildman–Crippen LogP) is 1.91. The van der Waals surface area contributed by atoms with Gasteiger partial charge in [0.15, 0.2) is 0 Å². The quantitative estimate of drug-likeness (QED) is 0.514.